The maximum atomic E-state index is 6.68. The highest BCUT2D eigenvalue weighted by molar-refractivity contribution is 5.92. The molecule has 0 radical (unpaired) electrons. The smallest absolute Gasteiger partial charge is 0.132 e. The summed E-state index contributed by atoms with van der Waals surface area (Å²) in [6, 6.07) is 42.6. The summed E-state index contributed by atoms with van der Waals surface area (Å²) in [6.45, 7) is 0. The van der Waals surface area contributed by atoms with E-state index in [4.69, 9.17) is 9.73 Å². The standard InChI is InChI=1S/C46H35NO/c1-2-12-30(13-3-1)42-26-25-37-34(18-11-22-43(37)47-42)33-15-10-14-31(28-33)32-24-27-45-41(29-32)46(40-21-8-9-23-44(40)48-45)38-19-6-4-16-35(38)36-17-5-7-20-39(36)46/h1-12,14-21,23-24,27-30,43H,13,22,25-26H2. The van der Waals surface area contributed by atoms with Crippen molar-refractivity contribution in [3.05, 3.63) is 185 Å². The second-order valence-electron chi connectivity index (χ2n) is 13.6. The van der Waals surface area contributed by atoms with Crippen molar-refractivity contribution in [3.8, 4) is 33.8 Å². The molecule has 0 aromatic heterocycles. The molecule has 48 heavy (non-hydrogen) atoms. The van der Waals surface area contributed by atoms with E-state index in [1.54, 1.807) is 0 Å². The van der Waals surface area contributed by atoms with E-state index >= 15 is 0 Å². The molecule has 5 aromatic carbocycles. The third-order valence-electron chi connectivity index (χ3n) is 11.1. The van der Waals surface area contributed by atoms with Crippen LogP contribution in [-0.4, -0.2) is 11.8 Å². The van der Waals surface area contributed by atoms with Crippen LogP contribution in [0.25, 0.3) is 27.8 Å². The summed E-state index contributed by atoms with van der Waals surface area (Å²) in [6.07, 6.45) is 17.8. The molecule has 3 aliphatic carbocycles. The SMILES string of the molecule is C1=CCC(C2=NC3CC=CC(c4cccc(-c5ccc6c(c5)C5(c7ccccc7O6)c6ccccc6-c6ccccc65)c4)=C3CC2)C=C1. The number of para-hydroxylation sites is 1. The average molecular weight is 618 g/mol. The van der Waals surface area contributed by atoms with Gasteiger partial charge < -0.3 is 4.74 Å². The average Bonchev–Trinajstić information content (AvgIpc) is 3.45. The van der Waals surface area contributed by atoms with Crippen molar-refractivity contribution in [2.45, 2.75) is 37.1 Å². The Morgan fingerprint density at radius 3 is 2.12 bits per heavy atom. The minimum Gasteiger partial charge on any atom is -0.457 e. The molecular formula is C46H35NO. The lowest BCUT2D eigenvalue weighted by Gasteiger charge is -2.39. The first kappa shape index (κ1) is 27.6. The fraction of sp³-hybridized carbons (Fsp3) is 0.152. The second kappa shape index (κ2) is 10.8. The predicted octanol–water partition coefficient (Wildman–Crippen LogP) is 11.3. The van der Waals surface area contributed by atoms with Gasteiger partial charge in [0.2, 0.25) is 0 Å². The van der Waals surface area contributed by atoms with E-state index in [0.717, 1.165) is 37.2 Å². The Morgan fingerprint density at radius 2 is 1.31 bits per heavy atom. The molecule has 2 nitrogen and oxygen atoms in total. The van der Waals surface area contributed by atoms with Gasteiger partial charge in [-0.3, -0.25) is 4.99 Å². The Kier molecular flexibility index (Phi) is 6.21. The lowest BCUT2D eigenvalue weighted by Crippen LogP contribution is -2.32. The van der Waals surface area contributed by atoms with Crippen molar-refractivity contribution in [3.63, 3.8) is 0 Å². The summed E-state index contributed by atoms with van der Waals surface area (Å²) >= 11 is 0. The molecule has 2 heterocycles. The van der Waals surface area contributed by atoms with Crippen molar-refractivity contribution in [2.24, 2.45) is 10.9 Å². The van der Waals surface area contributed by atoms with E-state index < -0.39 is 5.41 Å². The first-order valence-electron chi connectivity index (χ1n) is 17.3. The summed E-state index contributed by atoms with van der Waals surface area (Å²) < 4.78 is 6.68. The zero-order valence-corrected chi connectivity index (χ0v) is 26.8. The molecule has 0 fully saturated rings. The number of hydrogen-bond acceptors (Lipinski definition) is 2. The third kappa shape index (κ3) is 4.02. The number of fused-ring (bicyclic) bond motifs is 10. The van der Waals surface area contributed by atoms with Crippen molar-refractivity contribution in [1.29, 1.82) is 0 Å². The molecule has 2 aliphatic heterocycles. The number of nitrogens with zero attached hydrogens (tertiary/aromatic N) is 1. The molecule has 230 valence electrons. The molecule has 0 saturated heterocycles. The highest BCUT2D eigenvalue weighted by Crippen LogP contribution is 2.62. The molecule has 0 amide bonds. The van der Waals surface area contributed by atoms with E-state index in [0.29, 0.717) is 5.92 Å². The monoisotopic (exact) mass is 617 g/mol. The van der Waals surface area contributed by atoms with Gasteiger partial charge in [-0.05, 0) is 100 Å². The Labute approximate surface area is 282 Å². The maximum Gasteiger partial charge on any atom is 0.132 e. The van der Waals surface area contributed by atoms with Gasteiger partial charge in [0.05, 0.1) is 11.5 Å². The molecule has 2 heteroatoms. The van der Waals surface area contributed by atoms with Gasteiger partial charge in [-0.2, -0.15) is 0 Å². The van der Waals surface area contributed by atoms with Crippen LogP contribution in [0.3, 0.4) is 0 Å². The lowest BCUT2D eigenvalue weighted by molar-refractivity contribution is 0.436. The third-order valence-corrected chi connectivity index (χ3v) is 11.1. The number of aliphatic imine (C=N–C) groups is 1. The van der Waals surface area contributed by atoms with Crippen LogP contribution < -0.4 is 4.74 Å². The second-order valence-corrected chi connectivity index (χ2v) is 13.6. The Bertz CT molecular complexity index is 2250. The molecule has 0 bridgehead atoms. The zero-order chi connectivity index (χ0) is 31.7. The van der Waals surface area contributed by atoms with E-state index in [1.165, 1.54) is 66.9 Å². The first-order valence-corrected chi connectivity index (χ1v) is 17.3. The lowest BCUT2D eigenvalue weighted by atomic mass is 9.66. The molecular weight excluding hydrogens is 583 g/mol. The predicted molar refractivity (Wildman–Crippen MR) is 197 cm³/mol. The Balaban J connectivity index is 1.10. The van der Waals surface area contributed by atoms with E-state index in [9.17, 15) is 0 Å². The number of hydrogen-bond donors (Lipinski definition) is 0. The summed E-state index contributed by atoms with van der Waals surface area (Å²) in [5, 5.41) is 0. The molecule has 2 unspecified atom stereocenters. The molecule has 0 saturated carbocycles. The summed E-state index contributed by atoms with van der Waals surface area (Å²) in [4.78, 5) is 5.34. The van der Waals surface area contributed by atoms with E-state index in [2.05, 4.69) is 152 Å². The van der Waals surface area contributed by atoms with Gasteiger partial charge in [-0.25, -0.2) is 0 Å². The van der Waals surface area contributed by atoms with Gasteiger partial charge >= 0.3 is 0 Å². The largest absolute Gasteiger partial charge is 0.457 e. The van der Waals surface area contributed by atoms with Crippen molar-refractivity contribution in [2.75, 3.05) is 0 Å². The van der Waals surface area contributed by atoms with Crippen LogP contribution in [0.2, 0.25) is 0 Å². The number of ether oxygens (including phenoxy) is 1. The van der Waals surface area contributed by atoms with Gasteiger partial charge in [-0.15, -0.1) is 0 Å². The fourth-order valence-corrected chi connectivity index (χ4v) is 9.00. The number of rotatable bonds is 3. The van der Waals surface area contributed by atoms with Crippen molar-refractivity contribution >= 4 is 11.3 Å². The Hall–Kier alpha value is -5.47. The number of allylic oxidation sites excluding steroid dienone is 6. The van der Waals surface area contributed by atoms with Crippen LogP contribution in [0.1, 0.15) is 53.5 Å². The van der Waals surface area contributed by atoms with Crippen LogP contribution >= 0.6 is 0 Å². The molecule has 10 rings (SSSR count). The normalized spacial score (nSPS) is 20.7. The fourth-order valence-electron chi connectivity index (χ4n) is 9.00. The molecule has 0 N–H and O–H groups in total. The molecule has 5 aromatic rings. The van der Waals surface area contributed by atoms with Crippen molar-refractivity contribution in [1.82, 2.24) is 0 Å². The van der Waals surface area contributed by atoms with Gasteiger partial charge in [0.25, 0.3) is 0 Å². The van der Waals surface area contributed by atoms with Crippen LogP contribution in [0.5, 0.6) is 11.5 Å². The van der Waals surface area contributed by atoms with Crippen LogP contribution in [0, 0.1) is 5.92 Å². The minimum absolute atomic E-state index is 0.250. The first-order chi connectivity index (χ1) is 23.8. The van der Waals surface area contributed by atoms with Gasteiger partial charge in [0, 0.05) is 22.8 Å². The Morgan fingerprint density at radius 1 is 0.583 bits per heavy atom. The highest BCUT2D eigenvalue weighted by atomic mass is 16.5. The van der Waals surface area contributed by atoms with Gasteiger partial charge in [0.1, 0.15) is 11.5 Å². The molecule has 2 atom stereocenters. The summed E-state index contributed by atoms with van der Waals surface area (Å²) in [5.41, 5.74) is 15.0. The van der Waals surface area contributed by atoms with E-state index in [1.807, 2.05) is 0 Å². The van der Waals surface area contributed by atoms with Crippen molar-refractivity contribution < 1.29 is 4.74 Å². The van der Waals surface area contributed by atoms with Gasteiger partial charge in [0.15, 0.2) is 0 Å². The van der Waals surface area contributed by atoms with E-state index in [-0.39, 0.29) is 6.04 Å². The maximum absolute atomic E-state index is 6.68. The number of benzene rings is 5. The quantitative estimate of drug-likeness (QED) is 0.193. The van der Waals surface area contributed by atoms with Crippen LogP contribution in [0.4, 0.5) is 0 Å². The topological polar surface area (TPSA) is 21.6 Å². The summed E-state index contributed by atoms with van der Waals surface area (Å²) in [5.74, 6) is 2.30. The zero-order valence-electron chi connectivity index (χ0n) is 26.8. The molecule has 1 spiro atoms. The van der Waals surface area contributed by atoms with Crippen LogP contribution in [-0.2, 0) is 5.41 Å². The molecule has 5 aliphatic rings. The van der Waals surface area contributed by atoms with Crippen LogP contribution in [0.15, 0.2) is 162 Å². The minimum atomic E-state index is -0.462. The highest BCUT2D eigenvalue weighted by Gasteiger charge is 2.51. The van der Waals surface area contributed by atoms with Gasteiger partial charge in [-0.1, -0.05) is 127 Å². The summed E-state index contributed by atoms with van der Waals surface area (Å²) in [7, 11) is 0.